The summed E-state index contributed by atoms with van der Waals surface area (Å²) in [7, 11) is 0. The van der Waals surface area contributed by atoms with E-state index in [1.807, 2.05) is 23.6 Å². The first-order chi connectivity index (χ1) is 14.5. The first-order valence-corrected chi connectivity index (χ1v) is 10.6. The number of piperidine rings is 1. The van der Waals surface area contributed by atoms with Crippen LogP contribution in [0.2, 0.25) is 0 Å². The van der Waals surface area contributed by atoms with E-state index in [1.165, 1.54) is 5.56 Å². The Bertz CT molecular complexity index is 1060. The smallest absolute Gasteiger partial charge is 0.310 e. The third kappa shape index (κ3) is 3.99. The Hall–Kier alpha value is -3.02. The van der Waals surface area contributed by atoms with E-state index in [4.69, 9.17) is 9.15 Å². The van der Waals surface area contributed by atoms with E-state index in [9.17, 15) is 9.59 Å². The van der Waals surface area contributed by atoms with Crippen LogP contribution < -0.4 is 0 Å². The van der Waals surface area contributed by atoms with Gasteiger partial charge in [0.15, 0.2) is 5.58 Å². The van der Waals surface area contributed by atoms with Crippen molar-refractivity contribution < 1.29 is 18.7 Å². The van der Waals surface area contributed by atoms with Gasteiger partial charge in [-0.25, -0.2) is 0 Å². The fraction of sp³-hybridized carbons (Fsp3) is 0.417. The van der Waals surface area contributed by atoms with Gasteiger partial charge in [-0.15, -0.1) is 0 Å². The third-order valence-electron chi connectivity index (χ3n) is 5.72. The molecule has 1 fully saturated rings. The number of hydrogen-bond donors (Lipinski definition) is 0. The number of furan rings is 1. The number of aryl methyl sites for hydroxylation is 2. The lowest BCUT2D eigenvalue weighted by Crippen LogP contribution is -2.43. The van der Waals surface area contributed by atoms with Crippen molar-refractivity contribution in [2.24, 2.45) is 5.92 Å². The molecule has 0 saturated carbocycles. The maximum atomic E-state index is 13.5. The quantitative estimate of drug-likeness (QED) is 0.590. The maximum Gasteiger partial charge on any atom is 0.310 e. The first kappa shape index (κ1) is 20.3. The van der Waals surface area contributed by atoms with Gasteiger partial charge in [-0.3, -0.25) is 9.59 Å². The standard InChI is InChI=1S/C24H28N2O4/c1-4-29-24(28)19-6-5-11-25(15-19)23(27)21-13-22-20(12-17(3)30-22)26(21)14-18-9-7-16(2)8-10-18/h7-10,12-13,19H,4-6,11,14-15H2,1-3H3/t19-/m1/s1. The van der Waals surface area contributed by atoms with Crippen molar-refractivity contribution >= 4 is 23.0 Å². The summed E-state index contributed by atoms with van der Waals surface area (Å²) in [6.07, 6.45) is 1.55. The van der Waals surface area contributed by atoms with Crippen LogP contribution in [-0.4, -0.2) is 41.0 Å². The number of hydrogen-bond acceptors (Lipinski definition) is 4. The Labute approximate surface area is 176 Å². The zero-order valence-corrected chi connectivity index (χ0v) is 17.8. The van der Waals surface area contributed by atoms with Gasteiger partial charge in [-0.1, -0.05) is 29.8 Å². The number of benzene rings is 1. The Morgan fingerprint density at radius 1 is 1.17 bits per heavy atom. The third-order valence-corrected chi connectivity index (χ3v) is 5.72. The molecule has 0 radical (unpaired) electrons. The average Bonchev–Trinajstić information content (AvgIpc) is 3.26. The SMILES string of the molecule is CCOC(=O)[C@@H]1CCCN(C(=O)c2cc3oc(C)cc3n2Cc2ccc(C)cc2)C1. The molecule has 0 spiro atoms. The molecule has 0 aliphatic carbocycles. The van der Waals surface area contributed by atoms with Crippen molar-refractivity contribution in [3.8, 4) is 0 Å². The van der Waals surface area contributed by atoms with Crippen molar-refractivity contribution in [1.82, 2.24) is 9.47 Å². The largest absolute Gasteiger partial charge is 0.466 e. The zero-order valence-electron chi connectivity index (χ0n) is 17.8. The Morgan fingerprint density at radius 2 is 1.93 bits per heavy atom. The zero-order chi connectivity index (χ0) is 21.3. The van der Waals surface area contributed by atoms with Crippen molar-refractivity contribution in [2.45, 2.75) is 40.2 Å². The fourth-order valence-corrected chi connectivity index (χ4v) is 4.16. The molecule has 6 nitrogen and oxygen atoms in total. The first-order valence-electron chi connectivity index (χ1n) is 10.6. The highest BCUT2D eigenvalue weighted by Gasteiger charge is 2.31. The molecule has 2 aromatic heterocycles. The number of aromatic nitrogens is 1. The van der Waals surface area contributed by atoms with E-state index >= 15 is 0 Å². The Morgan fingerprint density at radius 3 is 2.67 bits per heavy atom. The number of carbonyl (C=O) groups is 2. The molecular formula is C24H28N2O4. The molecule has 4 rings (SSSR count). The second kappa shape index (κ2) is 8.38. The maximum absolute atomic E-state index is 13.5. The van der Waals surface area contributed by atoms with Gasteiger partial charge in [0.05, 0.1) is 18.0 Å². The predicted molar refractivity (Wildman–Crippen MR) is 114 cm³/mol. The van der Waals surface area contributed by atoms with Crippen LogP contribution in [0.15, 0.2) is 40.8 Å². The van der Waals surface area contributed by atoms with Gasteiger partial charge >= 0.3 is 5.97 Å². The molecule has 1 atom stereocenters. The minimum absolute atomic E-state index is 0.0693. The molecule has 3 heterocycles. The molecule has 1 aliphatic heterocycles. The highest BCUT2D eigenvalue weighted by atomic mass is 16.5. The molecule has 0 bridgehead atoms. The molecule has 6 heteroatoms. The van der Waals surface area contributed by atoms with Crippen molar-refractivity contribution in [3.05, 3.63) is 59.0 Å². The molecule has 3 aromatic rings. The van der Waals surface area contributed by atoms with E-state index < -0.39 is 0 Å². The number of nitrogens with zero attached hydrogens (tertiary/aromatic N) is 2. The van der Waals surface area contributed by atoms with E-state index in [2.05, 4.69) is 31.2 Å². The fourth-order valence-electron chi connectivity index (χ4n) is 4.16. The van der Waals surface area contributed by atoms with Crippen LogP contribution in [0, 0.1) is 19.8 Å². The second-order valence-corrected chi connectivity index (χ2v) is 8.05. The van der Waals surface area contributed by atoms with Crippen LogP contribution in [0.25, 0.3) is 11.1 Å². The lowest BCUT2D eigenvalue weighted by Gasteiger charge is -2.31. The summed E-state index contributed by atoms with van der Waals surface area (Å²) in [5.41, 5.74) is 4.53. The Kier molecular flexibility index (Phi) is 5.66. The number of ether oxygens (including phenoxy) is 1. The summed E-state index contributed by atoms with van der Waals surface area (Å²) >= 11 is 0. The van der Waals surface area contributed by atoms with Gasteiger partial charge in [0.1, 0.15) is 11.5 Å². The summed E-state index contributed by atoms with van der Waals surface area (Å²) in [4.78, 5) is 27.4. The van der Waals surface area contributed by atoms with E-state index in [0.29, 0.717) is 37.5 Å². The molecule has 0 unspecified atom stereocenters. The summed E-state index contributed by atoms with van der Waals surface area (Å²) in [6.45, 7) is 7.75. The second-order valence-electron chi connectivity index (χ2n) is 8.05. The highest BCUT2D eigenvalue weighted by Crippen LogP contribution is 2.27. The van der Waals surface area contributed by atoms with Gasteiger partial charge in [-0.05, 0) is 39.2 Å². The lowest BCUT2D eigenvalue weighted by atomic mass is 9.98. The number of carbonyl (C=O) groups excluding carboxylic acids is 2. The van der Waals surface area contributed by atoms with Gasteiger partial charge in [0, 0.05) is 31.8 Å². The average molecular weight is 408 g/mol. The minimum atomic E-state index is -0.256. The molecule has 1 aromatic carbocycles. The minimum Gasteiger partial charge on any atom is -0.466 e. The van der Waals surface area contributed by atoms with E-state index in [1.54, 1.807) is 11.8 Å². The predicted octanol–water partition coefficient (Wildman–Crippen LogP) is 4.31. The summed E-state index contributed by atoms with van der Waals surface area (Å²) in [5, 5.41) is 0. The molecule has 158 valence electrons. The normalized spacial score (nSPS) is 16.8. The van der Waals surface area contributed by atoms with Gasteiger partial charge in [0.2, 0.25) is 0 Å². The van der Waals surface area contributed by atoms with Crippen molar-refractivity contribution in [1.29, 1.82) is 0 Å². The Balaban J connectivity index is 1.64. The highest BCUT2D eigenvalue weighted by molar-refractivity contribution is 5.98. The lowest BCUT2D eigenvalue weighted by molar-refractivity contribution is -0.149. The number of likely N-dealkylation sites (tertiary alicyclic amines) is 1. The molecule has 1 saturated heterocycles. The van der Waals surface area contributed by atoms with Crippen LogP contribution in [0.3, 0.4) is 0 Å². The number of amides is 1. The van der Waals surface area contributed by atoms with E-state index in [0.717, 1.165) is 29.7 Å². The molecule has 0 N–H and O–H groups in total. The summed E-state index contributed by atoms with van der Waals surface area (Å²) in [5.74, 6) is 0.278. The summed E-state index contributed by atoms with van der Waals surface area (Å²) in [6, 6.07) is 12.1. The molecular weight excluding hydrogens is 380 g/mol. The molecule has 1 aliphatic rings. The van der Waals surface area contributed by atoms with Gasteiger partial charge in [0.25, 0.3) is 5.91 Å². The monoisotopic (exact) mass is 408 g/mol. The number of esters is 1. The number of fused-ring (bicyclic) bond motifs is 1. The summed E-state index contributed by atoms with van der Waals surface area (Å²) < 4.78 is 13.0. The topological polar surface area (TPSA) is 64.7 Å². The van der Waals surface area contributed by atoms with Crippen LogP contribution in [-0.2, 0) is 16.1 Å². The van der Waals surface area contributed by atoms with E-state index in [-0.39, 0.29) is 17.8 Å². The molecule has 30 heavy (non-hydrogen) atoms. The van der Waals surface area contributed by atoms with Crippen molar-refractivity contribution in [2.75, 3.05) is 19.7 Å². The van der Waals surface area contributed by atoms with Crippen LogP contribution in [0.5, 0.6) is 0 Å². The van der Waals surface area contributed by atoms with Gasteiger partial charge < -0.3 is 18.6 Å². The van der Waals surface area contributed by atoms with Crippen LogP contribution in [0.4, 0.5) is 0 Å². The number of rotatable bonds is 5. The van der Waals surface area contributed by atoms with Gasteiger partial charge in [-0.2, -0.15) is 0 Å². The van der Waals surface area contributed by atoms with Crippen LogP contribution >= 0.6 is 0 Å². The van der Waals surface area contributed by atoms with Crippen LogP contribution in [0.1, 0.15) is 47.1 Å². The molecule has 1 amide bonds. The van der Waals surface area contributed by atoms with Crippen molar-refractivity contribution in [3.63, 3.8) is 0 Å².